The predicted octanol–water partition coefficient (Wildman–Crippen LogP) is 1.67. The van der Waals surface area contributed by atoms with Crippen LogP contribution in [0.5, 0.6) is 0 Å². The maximum atomic E-state index is 13.0. The first kappa shape index (κ1) is 35.7. The van der Waals surface area contributed by atoms with E-state index < -0.39 is 11.2 Å². The Morgan fingerprint density at radius 2 is 1.72 bits per heavy atom. The minimum Gasteiger partial charge on any atom is -0.393 e. The summed E-state index contributed by atoms with van der Waals surface area (Å²) in [7, 11) is 18.8. The number of carbonyl (C=O) groups excluding carboxylic acids is 2. The van der Waals surface area contributed by atoms with Gasteiger partial charge in [-0.15, -0.1) is 0 Å². The second-order valence-corrected chi connectivity index (χ2v) is 13.8. The molecule has 3 aliphatic heterocycles. The Hall–Kier alpha value is -5.70. The van der Waals surface area contributed by atoms with Crippen molar-refractivity contribution in [2.75, 3.05) is 55.8 Å². The molecule has 1 unspecified atom stereocenters. The highest BCUT2D eigenvalue weighted by atomic mass is 16.2. The molecule has 0 saturated carbocycles. The smallest absolute Gasteiger partial charge is 0.272 e. The van der Waals surface area contributed by atoms with Crippen molar-refractivity contribution < 1.29 is 9.59 Å². The van der Waals surface area contributed by atoms with Crippen molar-refractivity contribution in [3.8, 4) is 11.1 Å². The van der Waals surface area contributed by atoms with E-state index in [-0.39, 0.29) is 29.5 Å². The topological polar surface area (TPSA) is 181 Å². The first-order valence-electron chi connectivity index (χ1n) is 17.6. The van der Waals surface area contributed by atoms with Crippen LogP contribution in [0.15, 0.2) is 78.3 Å². The number of likely N-dealkylation sites (N-methyl/N-ethyl adjacent to an activating group) is 1. The van der Waals surface area contributed by atoms with Gasteiger partial charge >= 0.3 is 0 Å². The molecule has 6 heterocycles. The molecule has 3 aromatic heterocycles. The molecular formula is C36H43B2N13O2. The molecule has 4 radical (unpaired) electrons. The number of pyridine rings is 1. The van der Waals surface area contributed by atoms with Crippen LogP contribution in [-0.2, 0) is 17.2 Å². The van der Waals surface area contributed by atoms with Gasteiger partial charge in [-0.1, -0.05) is 18.2 Å². The van der Waals surface area contributed by atoms with E-state index in [4.69, 9.17) is 32.3 Å². The molecule has 270 valence electrons. The van der Waals surface area contributed by atoms with Gasteiger partial charge in [0.1, 0.15) is 17.2 Å². The number of nitrogens with one attached hydrogen (secondary N) is 3. The molecule has 3 aliphatic rings. The highest BCUT2D eigenvalue weighted by Crippen LogP contribution is 2.49. The zero-order chi connectivity index (χ0) is 37.6. The van der Waals surface area contributed by atoms with E-state index in [2.05, 4.69) is 42.5 Å². The van der Waals surface area contributed by atoms with Crippen molar-refractivity contribution in [2.45, 2.75) is 37.2 Å². The Bertz CT molecular complexity index is 2110. The number of likely N-dealkylation sites (tertiary alicyclic amines) is 2. The number of fused-ring (bicyclic) bond motifs is 3. The number of anilines is 3. The maximum Gasteiger partial charge on any atom is 0.272 e. The first-order valence-corrected chi connectivity index (χ1v) is 17.6. The fourth-order valence-corrected chi connectivity index (χ4v) is 7.27. The number of benzene rings is 1. The Labute approximate surface area is 311 Å². The summed E-state index contributed by atoms with van der Waals surface area (Å²) in [5, 5.41) is 16.7. The average Bonchev–Trinajstić information content (AvgIpc) is 3.91. The van der Waals surface area contributed by atoms with Crippen LogP contribution >= 0.6 is 0 Å². The van der Waals surface area contributed by atoms with Crippen LogP contribution < -0.4 is 32.3 Å². The number of para-hydroxylation sites is 1. The van der Waals surface area contributed by atoms with Gasteiger partial charge in [0, 0.05) is 76.4 Å². The molecule has 7 rings (SSSR count). The highest BCUT2D eigenvalue weighted by molar-refractivity contribution is 6.39. The number of amides is 2. The fourth-order valence-electron chi connectivity index (χ4n) is 7.27. The van der Waals surface area contributed by atoms with Crippen LogP contribution in [0.1, 0.15) is 53.7 Å². The monoisotopic (exact) mass is 711 g/mol. The minimum absolute atomic E-state index is 0.0145. The molecule has 4 aromatic rings. The third-order valence-electron chi connectivity index (χ3n) is 10.3. The van der Waals surface area contributed by atoms with Crippen LogP contribution in [0.2, 0.25) is 0 Å². The minimum atomic E-state index is -1.37. The number of aryl methyl sites for hydroxylation is 1. The maximum absolute atomic E-state index is 13.0. The average molecular weight is 711 g/mol. The second kappa shape index (κ2) is 14.0. The molecule has 15 nitrogen and oxygen atoms in total. The molecule has 2 amide bonds. The van der Waals surface area contributed by atoms with Gasteiger partial charge in [0.25, 0.3) is 11.8 Å². The van der Waals surface area contributed by atoms with Gasteiger partial charge in [0.2, 0.25) is 0 Å². The summed E-state index contributed by atoms with van der Waals surface area (Å²) in [5.41, 5.74) is 19.1. The summed E-state index contributed by atoms with van der Waals surface area (Å²) in [5.74, 6) is -0.294. The Balaban J connectivity index is 1.13. The van der Waals surface area contributed by atoms with E-state index >= 15 is 0 Å². The van der Waals surface area contributed by atoms with Crippen molar-refractivity contribution in [3.63, 3.8) is 0 Å². The number of hydrogen-bond acceptors (Lipinski definition) is 11. The molecule has 0 bridgehead atoms. The molecule has 2 fully saturated rings. The number of aromatic nitrogens is 5. The van der Waals surface area contributed by atoms with Crippen LogP contribution in [0.4, 0.5) is 17.1 Å². The molecule has 2 saturated heterocycles. The number of carbonyl (C=O) groups is 2. The summed E-state index contributed by atoms with van der Waals surface area (Å²) in [6.07, 6.45) is 8.89. The Morgan fingerprint density at radius 1 is 0.981 bits per heavy atom. The standard InChI is InChI=1S/C36H43B2N13O2/c1-21-32-25(17-43-51(32)23-19-50(20-23)36(37,38)29-12-8-11-27(46-29)35(53)49-13-5-6-14-49)24-9-7-10-26(33(24)48(21)4)45-28(31(40)34(52)41-2)15-30(39)44-22-16-42-47(3)18-22/h7-12,15-18,21,23,44-45H,5-6,13-14,19-20,39-40H2,1-4H3,(H,41,52)/b30-15+,31-28+. The lowest BCUT2D eigenvalue weighted by molar-refractivity contribution is -0.117. The molecule has 17 heteroatoms. The third kappa shape index (κ3) is 6.60. The highest BCUT2D eigenvalue weighted by Gasteiger charge is 2.42. The summed E-state index contributed by atoms with van der Waals surface area (Å²) in [6, 6.07) is 11.1. The molecule has 1 aromatic carbocycles. The van der Waals surface area contributed by atoms with Crippen LogP contribution in [0, 0.1) is 0 Å². The zero-order valence-corrected chi connectivity index (χ0v) is 30.4. The number of hydrogen-bond donors (Lipinski definition) is 5. The van der Waals surface area contributed by atoms with Gasteiger partial charge in [-0.2, -0.15) is 10.2 Å². The lowest BCUT2D eigenvalue weighted by atomic mass is 9.57. The quantitative estimate of drug-likeness (QED) is 0.0918. The third-order valence-corrected chi connectivity index (χ3v) is 10.3. The van der Waals surface area contributed by atoms with Gasteiger partial charge < -0.3 is 42.1 Å². The predicted molar refractivity (Wildman–Crippen MR) is 206 cm³/mol. The summed E-state index contributed by atoms with van der Waals surface area (Å²) < 4.78 is 3.71. The first-order chi connectivity index (χ1) is 25.4. The molecule has 0 spiro atoms. The van der Waals surface area contributed by atoms with E-state index in [1.165, 1.54) is 7.05 Å². The van der Waals surface area contributed by atoms with Gasteiger partial charge in [0.15, 0.2) is 0 Å². The lowest BCUT2D eigenvalue weighted by Gasteiger charge is -2.50. The van der Waals surface area contributed by atoms with E-state index in [1.54, 1.807) is 48.4 Å². The molecular weight excluding hydrogens is 668 g/mol. The van der Waals surface area contributed by atoms with E-state index in [0.717, 1.165) is 54.1 Å². The molecule has 1 atom stereocenters. The van der Waals surface area contributed by atoms with E-state index in [9.17, 15) is 9.59 Å². The summed E-state index contributed by atoms with van der Waals surface area (Å²) in [6.45, 7) is 4.70. The largest absolute Gasteiger partial charge is 0.393 e. The van der Waals surface area contributed by atoms with Crippen molar-refractivity contribution in [1.29, 1.82) is 0 Å². The van der Waals surface area contributed by atoms with Crippen LogP contribution in [0.3, 0.4) is 0 Å². The van der Waals surface area contributed by atoms with E-state index in [0.29, 0.717) is 35.9 Å². The second-order valence-electron chi connectivity index (χ2n) is 13.8. The van der Waals surface area contributed by atoms with Crippen molar-refractivity contribution >= 4 is 44.6 Å². The van der Waals surface area contributed by atoms with Crippen LogP contribution in [-0.4, -0.2) is 102 Å². The summed E-state index contributed by atoms with van der Waals surface area (Å²) >= 11 is 0. The number of nitrogens with zero attached hydrogens (tertiary/aromatic N) is 8. The van der Waals surface area contributed by atoms with Gasteiger partial charge in [-0.25, -0.2) is 4.98 Å². The van der Waals surface area contributed by atoms with Crippen molar-refractivity contribution in [3.05, 3.63) is 95.4 Å². The molecule has 0 aliphatic carbocycles. The SMILES string of the molecule is [B]C([B])(c1cccc(C(=O)N2CCCC2)n1)N1CC(n2ncc3c2C(C)N(C)c2c(NC(/C=C(\N)Nc4cnn(C)c4)=C(/N)C(=O)NC)cccc2-3)C1. The van der Waals surface area contributed by atoms with Crippen LogP contribution in [0.25, 0.3) is 11.1 Å². The Morgan fingerprint density at radius 3 is 2.42 bits per heavy atom. The lowest BCUT2D eigenvalue weighted by Crippen LogP contribution is -2.60. The Kier molecular flexibility index (Phi) is 9.45. The fraction of sp³-hybridized carbons (Fsp3) is 0.361. The molecule has 7 N–H and O–H groups in total. The van der Waals surface area contributed by atoms with Crippen molar-refractivity contribution in [1.82, 2.24) is 39.7 Å². The number of allylic oxidation sites excluding steroid dienone is 1. The van der Waals surface area contributed by atoms with Gasteiger partial charge in [-0.3, -0.25) is 19.0 Å². The van der Waals surface area contributed by atoms with E-state index in [1.807, 2.05) is 41.2 Å². The normalized spacial score (nSPS) is 18.2. The number of rotatable bonds is 10. The number of nitrogens with two attached hydrogens (primary N) is 2. The van der Waals surface area contributed by atoms with Gasteiger partial charge in [-0.05, 0) is 43.3 Å². The summed E-state index contributed by atoms with van der Waals surface area (Å²) in [4.78, 5) is 36.3. The molecule has 53 heavy (non-hydrogen) atoms. The zero-order valence-electron chi connectivity index (χ0n) is 30.4. The van der Waals surface area contributed by atoms with Crippen molar-refractivity contribution in [2.24, 2.45) is 18.5 Å². The van der Waals surface area contributed by atoms with Gasteiger partial charge in [0.05, 0.1) is 68.6 Å².